The van der Waals surface area contributed by atoms with Crippen molar-refractivity contribution in [2.75, 3.05) is 23.7 Å². The normalized spacial score (nSPS) is 20.1. The smallest absolute Gasteiger partial charge is 0.103 e. The summed E-state index contributed by atoms with van der Waals surface area (Å²) in [6, 6.07) is 16.5. The minimum Gasteiger partial charge on any atom is -0.383 e. The van der Waals surface area contributed by atoms with Gasteiger partial charge in [-0.15, -0.1) is 0 Å². The number of aliphatic imine (C=N–C) groups is 1. The summed E-state index contributed by atoms with van der Waals surface area (Å²) < 4.78 is 0. The average Bonchev–Trinajstić information content (AvgIpc) is 2.63. The first-order chi connectivity index (χ1) is 12.2. The van der Waals surface area contributed by atoms with Gasteiger partial charge >= 0.3 is 0 Å². The summed E-state index contributed by atoms with van der Waals surface area (Å²) in [5, 5.41) is 11.3. The summed E-state index contributed by atoms with van der Waals surface area (Å²) in [5.74, 6) is 0.983. The van der Waals surface area contributed by atoms with Gasteiger partial charge in [0.25, 0.3) is 0 Å². The Balaban J connectivity index is 1.82. The molecule has 0 aliphatic carbocycles. The lowest BCUT2D eigenvalue weighted by molar-refractivity contribution is 0.555. The maximum absolute atomic E-state index is 6.08. The largest absolute Gasteiger partial charge is 0.383 e. The summed E-state index contributed by atoms with van der Waals surface area (Å²) in [4.78, 5) is 4.83. The molecule has 3 N–H and O–H groups in total. The Morgan fingerprint density at radius 1 is 1.08 bits per heavy atom. The van der Waals surface area contributed by atoms with Gasteiger partial charge in [-0.25, -0.2) is 0 Å². The Kier molecular flexibility index (Phi) is 6.31. The third kappa shape index (κ3) is 5.48. The molecule has 0 aromatic heterocycles. The second-order valence-corrected chi connectivity index (χ2v) is 6.84. The van der Waals surface area contributed by atoms with Crippen molar-refractivity contribution in [3.05, 3.63) is 59.1 Å². The number of anilines is 2. The molecule has 0 saturated carbocycles. The van der Waals surface area contributed by atoms with Gasteiger partial charge in [-0.3, -0.25) is 4.99 Å². The Labute approximate surface area is 154 Å². The van der Waals surface area contributed by atoms with Crippen molar-refractivity contribution in [2.45, 2.75) is 32.4 Å². The zero-order chi connectivity index (χ0) is 17.5. The van der Waals surface area contributed by atoms with E-state index in [4.69, 9.17) is 16.6 Å². The van der Waals surface area contributed by atoms with Crippen LogP contribution in [0.25, 0.3) is 0 Å². The maximum Gasteiger partial charge on any atom is 0.103 e. The van der Waals surface area contributed by atoms with Gasteiger partial charge in [0.05, 0.1) is 17.9 Å². The number of halogens is 1. The maximum atomic E-state index is 6.08. The number of para-hydroxylation sites is 2. The standard InChI is InChI=1S/C20H25ClN4/c1-15-12-20(24-14-16-6-4-7-17(21)13-16)25-19-9-3-2-8-18(19)23-11-5-10-22-15/h2-4,6-9,13,15,22-23H,5,10-12,14H2,1H3,(H,24,25). The monoisotopic (exact) mass is 356 g/mol. The predicted molar refractivity (Wildman–Crippen MR) is 108 cm³/mol. The van der Waals surface area contributed by atoms with Gasteiger partial charge in [0.15, 0.2) is 0 Å². The van der Waals surface area contributed by atoms with E-state index in [1.54, 1.807) is 0 Å². The van der Waals surface area contributed by atoms with Crippen LogP contribution in [0.4, 0.5) is 11.4 Å². The van der Waals surface area contributed by atoms with Crippen LogP contribution in [0.15, 0.2) is 53.5 Å². The molecule has 1 aliphatic heterocycles. The molecule has 2 aromatic rings. The molecule has 1 aliphatic rings. The van der Waals surface area contributed by atoms with Crippen molar-refractivity contribution < 1.29 is 0 Å². The molecule has 0 spiro atoms. The molecule has 1 atom stereocenters. The predicted octanol–water partition coefficient (Wildman–Crippen LogP) is 4.53. The summed E-state index contributed by atoms with van der Waals surface area (Å²) in [6.45, 7) is 4.77. The Morgan fingerprint density at radius 2 is 1.92 bits per heavy atom. The minimum absolute atomic E-state index is 0.371. The molecule has 4 nitrogen and oxygen atoms in total. The Hall–Kier alpha value is -2.04. The van der Waals surface area contributed by atoms with Crippen LogP contribution in [0.2, 0.25) is 5.02 Å². The minimum atomic E-state index is 0.371. The van der Waals surface area contributed by atoms with Crippen molar-refractivity contribution in [3.8, 4) is 0 Å². The van der Waals surface area contributed by atoms with Crippen LogP contribution in [-0.2, 0) is 6.54 Å². The number of hydrogen-bond acceptors (Lipinski definition) is 3. The number of fused-ring (bicyclic) bond motifs is 1. The molecule has 0 amide bonds. The van der Waals surface area contributed by atoms with Crippen molar-refractivity contribution in [2.24, 2.45) is 4.99 Å². The first kappa shape index (κ1) is 17.8. The van der Waals surface area contributed by atoms with Crippen molar-refractivity contribution in [1.29, 1.82) is 0 Å². The van der Waals surface area contributed by atoms with Gasteiger partial charge in [0, 0.05) is 24.0 Å². The van der Waals surface area contributed by atoms with E-state index in [2.05, 4.69) is 47.1 Å². The van der Waals surface area contributed by atoms with E-state index in [0.29, 0.717) is 12.6 Å². The number of rotatable bonds is 2. The molecule has 5 heteroatoms. The van der Waals surface area contributed by atoms with Gasteiger partial charge < -0.3 is 16.0 Å². The lowest BCUT2D eigenvalue weighted by Crippen LogP contribution is -2.31. The van der Waals surface area contributed by atoms with E-state index in [0.717, 1.165) is 53.7 Å². The van der Waals surface area contributed by atoms with Crippen LogP contribution in [-0.4, -0.2) is 25.0 Å². The SMILES string of the molecule is CC1CC(=NCc2cccc(Cl)c2)Nc2ccccc2NCCCN1. The van der Waals surface area contributed by atoms with E-state index in [-0.39, 0.29) is 0 Å². The van der Waals surface area contributed by atoms with Crippen LogP contribution in [0.5, 0.6) is 0 Å². The van der Waals surface area contributed by atoms with Crippen LogP contribution in [0.3, 0.4) is 0 Å². The number of hydrogen-bond donors (Lipinski definition) is 3. The molecule has 25 heavy (non-hydrogen) atoms. The summed E-state index contributed by atoms with van der Waals surface area (Å²) in [7, 11) is 0. The van der Waals surface area contributed by atoms with Crippen molar-refractivity contribution >= 4 is 28.8 Å². The lowest BCUT2D eigenvalue weighted by Gasteiger charge is -2.17. The molecule has 0 bridgehead atoms. The number of amidine groups is 1. The summed E-state index contributed by atoms with van der Waals surface area (Å²) in [5.41, 5.74) is 3.30. The lowest BCUT2D eigenvalue weighted by atomic mass is 10.2. The molecule has 0 radical (unpaired) electrons. The second-order valence-electron chi connectivity index (χ2n) is 6.40. The zero-order valence-electron chi connectivity index (χ0n) is 14.6. The highest BCUT2D eigenvalue weighted by Crippen LogP contribution is 2.22. The molecule has 0 saturated heterocycles. The quantitative estimate of drug-likeness (QED) is 0.740. The van der Waals surface area contributed by atoms with Crippen LogP contribution in [0, 0.1) is 0 Å². The molecular weight excluding hydrogens is 332 g/mol. The molecule has 0 fully saturated rings. The van der Waals surface area contributed by atoms with E-state index >= 15 is 0 Å². The third-order valence-corrected chi connectivity index (χ3v) is 4.44. The Morgan fingerprint density at radius 3 is 2.76 bits per heavy atom. The highest BCUT2D eigenvalue weighted by atomic mass is 35.5. The average molecular weight is 357 g/mol. The topological polar surface area (TPSA) is 48.5 Å². The van der Waals surface area contributed by atoms with E-state index in [1.807, 2.05) is 24.3 Å². The first-order valence-electron chi connectivity index (χ1n) is 8.82. The number of benzene rings is 2. The molecule has 1 heterocycles. The van der Waals surface area contributed by atoms with Gasteiger partial charge in [-0.05, 0) is 49.7 Å². The molecular formula is C20H25ClN4. The van der Waals surface area contributed by atoms with Crippen molar-refractivity contribution in [3.63, 3.8) is 0 Å². The Bertz CT molecular complexity index is 729. The molecule has 3 rings (SSSR count). The molecule has 2 aromatic carbocycles. The summed E-state index contributed by atoms with van der Waals surface area (Å²) >= 11 is 6.08. The third-order valence-electron chi connectivity index (χ3n) is 4.21. The summed E-state index contributed by atoms with van der Waals surface area (Å²) in [6.07, 6.45) is 1.95. The van der Waals surface area contributed by atoms with E-state index < -0.39 is 0 Å². The van der Waals surface area contributed by atoms with Crippen LogP contribution in [0.1, 0.15) is 25.3 Å². The molecule has 1 unspecified atom stereocenters. The number of nitrogens with one attached hydrogen (secondary N) is 3. The van der Waals surface area contributed by atoms with Gasteiger partial charge in [-0.1, -0.05) is 35.9 Å². The number of nitrogens with zero attached hydrogens (tertiary/aromatic N) is 1. The van der Waals surface area contributed by atoms with Crippen molar-refractivity contribution in [1.82, 2.24) is 5.32 Å². The highest BCUT2D eigenvalue weighted by Gasteiger charge is 2.11. The fourth-order valence-electron chi connectivity index (χ4n) is 2.90. The van der Waals surface area contributed by atoms with Gasteiger partial charge in [0.1, 0.15) is 5.84 Å². The van der Waals surface area contributed by atoms with E-state index in [9.17, 15) is 0 Å². The first-order valence-corrected chi connectivity index (χ1v) is 9.19. The van der Waals surface area contributed by atoms with Gasteiger partial charge in [0.2, 0.25) is 0 Å². The highest BCUT2D eigenvalue weighted by molar-refractivity contribution is 6.30. The van der Waals surface area contributed by atoms with Gasteiger partial charge in [-0.2, -0.15) is 0 Å². The zero-order valence-corrected chi connectivity index (χ0v) is 15.3. The van der Waals surface area contributed by atoms with Crippen LogP contribution < -0.4 is 16.0 Å². The second kappa shape index (κ2) is 8.88. The fourth-order valence-corrected chi connectivity index (χ4v) is 3.11. The molecule has 132 valence electrons. The van der Waals surface area contributed by atoms with Crippen LogP contribution >= 0.6 is 11.6 Å². The fraction of sp³-hybridized carbons (Fsp3) is 0.350. The van der Waals surface area contributed by atoms with E-state index in [1.165, 1.54) is 0 Å².